The van der Waals surface area contributed by atoms with E-state index in [0.29, 0.717) is 12.5 Å². The van der Waals surface area contributed by atoms with E-state index >= 15 is 0 Å². The third-order valence-corrected chi connectivity index (χ3v) is 7.36. The van der Waals surface area contributed by atoms with E-state index in [1.165, 1.54) is 40.7 Å². The Balaban J connectivity index is 1.23. The Morgan fingerprint density at radius 3 is 2.73 bits per heavy atom. The van der Waals surface area contributed by atoms with Gasteiger partial charge in [-0.2, -0.15) is 5.26 Å². The van der Waals surface area contributed by atoms with E-state index in [2.05, 4.69) is 47.5 Å². The molecule has 1 saturated carbocycles. The second-order valence-electron chi connectivity index (χ2n) is 9.65. The summed E-state index contributed by atoms with van der Waals surface area (Å²) in [5.74, 6) is 1.75. The van der Waals surface area contributed by atoms with Gasteiger partial charge in [0.1, 0.15) is 12.4 Å². The van der Waals surface area contributed by atoms with Crippen molar-refractivity contribution in [3.8, 4) is 11.8 Å². The van der Waals surface area contributed by atoms with Crippen molar-refractivity contribution < 1.29 is 9.53 Å². The number of amides is 1. The largest absolute Gasteiger partial charge is 0.489 e. The maximum absolute atomic E-state index is 11.7. The van der Waals surface area contributed by atoms with Gasteiger partial charge in [0.25, 0.3) is 0 Å². The number of nitrogens with zero attached hydrogens (tertiary/aromatic N) is 2. The van der Waals surface area contributed by atoms with E-state index < -0.39 is 0 Å². The van der Waals surface area contributed by atoms with Crippen LogP contribution in [0.4, 0.5) is 0 Å². The van der Waals surface area contributed by atoms with Gasteiger partial charge in [-0.05, 0) is 84.6 Å². The van der Waals surface area contributed by atoms with Gasteiger partial charge in [-0.25, -0.2) is 0 Å². The van der Waals surface area contributed by atoms with Crippen LogP contribution >= 0.6 is 0 Å². The number of aryl methyl sites for hydroxylation is 1. The van der Waals surface area contributed by atoms with Crippen LogP contribution in [0.2, 0.25) is 0 Å². The molecule has 1 N–H and O–H groups in total. The standard InChI is InChI=1S/C28H31N3O2/c1-18-23(14-31-15-24(16-31)28(32)30-2)8-7-21-12-25(9-10-26(18)21)33-17-19-3-4-22(13-29)27(11-19)20-5-6-20/h3-4,9-12,20,24H,5-8,14-17H2,1-2H3,(H,30,32). The summed E-state index contributed by atoms with van der Waals surface area (Å²) in [6, 6.07) is 14.9. The Labute approximate surface area is 196 Å². The molecule has 1 amide bonds. The number of allylic oxidation sites excluding steroid dienone is 1. The van der Waals surface area contributed by atoms with Crippen LogP contribution in [0, 0.1) is 17.2 Å². The fourth-order valence-electron chi connectivity index (χ4n) is 5.14. The van der Waals surface area contributed by atoms with Crippen LogP contribution in [0.25, 0.3) is 5.57 Å². The third kappa shape index (κ3) is 4.54. The molecule has 2 aliphatic carbocycles. The van der Waals surface area contributed by atoms with Crippen molar-refractivity contribution >= 4 is 11.5 Å². The summed E-state index contributed by atoms with van der Waals surface area (Å²) >= 11 is 0. The number of benzene rings is 2. The summed E-state index contributed by atoms with van der Waals surface area (Å²) in [6.07, 6.45) is 4.45. The van der Waals surface area contributed by atoms with E-state index in [4.69, 9.17) is 4.74 Å². The van der Waals surface area contributed by atoms with E-state index in [1.54, 1.807) is 7.05 Å². The highest BCUT2D eigenvalue weighted by atomic mass is 16.5. The molecule has 0 spiro atoms. The highest BCUT2D eigenvalue weighted by Crippen LogP contribution is 2.42. The molecule has 1 saturated heterocycles. The number of hydrogen-bond donors (Lipinski definition) is 1. The van der Waals surface area contributed by atoms with Crippen LogP contribution in [0.1, 0.15) is 59.9 Å². The number of ether oxygens (including phenoxy) is 1. The molecular formula is C28H31N3O2. The molecule has 2 fully saturated rings. The fourth-order valence-corrected chi connectivity index (χ4v) is 5.14. The molecule has 2 aromatic carbocycles. The number of likely N-dealkylation sites (tertiary alicyclic amines) is 1. The zero-order valence-corrected chi connectivity index (χ0v) is 19.5. The minimum atomic E-state index is 0.142. The van der Waals surface area contributed by atoms with Gasteiger partial charge < -0.3 is 10.1 Å². The molecule has 33 heavy (non-hydrogen) atoms. The summed E-state index contributed by atoms with van der Waals surface area (Å²) in [5, 5.41) is 12.1. The molecule has 5 heteroatoms. The van der Waals surface area contributed by atoms with Gasteiger partial charge in [0.2, 0.25) is 5.91 Å². The van der Waals surface area contributed by atoms with Crippen LogP contribution in [0.5, 0.6) is 5.75 Å². The first kappa shape index (κ1) is 21.7. The smallest absolute Gasteiger partial charge is 0.225 e. The Kier molecular flexibility index (Phi) is 5.95. The number of nitriles is 1. The number of carbonyl (C=O) groups excluding carboxylic acids is 1. The first-order chi connectivity index (χ1) is 16.1. The topological polar surface area (TPSA) is 65.4 Å². The van der Waals surface area contributed by atoms with Crippen molar-refractivity contribution in [2.45, 2.75) is 45.1 Å². The van der Waals surface area contributed by atoms with Gasteiger partial charge in [-0.15, -0.1) is 0 Å². The highest BCUT2D eigenvalue weighted by molar-refractivity contribution is 5.79. The monoisotopic (exact) mass is 441 g/mol. The summed E-state index contributed by atoms with van der Waals surface area (Å²) in [4.78, 5) is 14.1. The molecular weight excluding hydrogens is 410 g/mol. The predicted molar refractivity (Wildman–Crippen MR) is 129 cm³/mol. The number of fused-ring (bicyclic) bond motifs is 1. The Bertz CT molecular complexity index is 1150. The third-order valence-electron chi connectivity index (χ3n) is 7.36. The molecule has 0 aromatic heterocycles. The van der Waals surface area contributed by atoms with Gasteiger partial charge >= 0.3 is 0 Å². The summed E-state index contributed by atoms with van der Waals surface area (Å²) in [6.45, 7) is 5.41. The van der Waals surface area contributed by atoms with E-state index in [9.17, 15) is 10.1 Å². The van der Waals surface area contributed by atoms with E-state index in [-0.39, 0.29) is 11.8 Å². The molecule has 2 aromatic rings. The molecule has 170 valence electrons. The summed E-state index contributed by atoms with van der Waals surface area (Å²) in [5.41, 5.74) is 8.62. The second-order valence-corrected chi connectivity index (χ2v) is 9.65. The summed E-state index contributed by atoms with van der Waals surface area (Å²) in [7, 11) is 1.71. The van der Waals surface area contributed by atoms with Crippen LogP contribution in [0.15, 0.2) is 42.0 Å². The highest BCUT2D eigenvalue weighted by Gasteiger charge is 2.33. The molecule has 5 nitrogen and oxygen atoms in total. The quantitative estimate of drug-likeness (QED) is 0.691. The second kappa shape index (κ2) is 9.03. The molecule has 0 unspecified atom stereocenters. The lowest BCUT2D eigenvalue weighted by atomic mass is 9.85. The number of nitrogens with one attached hydrogen (secondary N) is 1. The minimum Gasteiger partial charge on any atom is -0.489 e. The lowest BCUT2D eigenvalue weighted by Crippen LogP contribution is -2.53. The molecule has 1 aliphatic heterocycles. The molecule has 0 atom stereocenters. The molecule has 5 rings (SSSR count). The average Bonchev–Trinajstić information content (AvgIpc) is 3.66. The van der Waals surface area contributed by atoms with Gasteiger partial charge in [0, 0.05) is 26.7 Å². The number of rotatable bonds is 7. The van der Waals surface area contributed by atoms with Crippen molar-refractivity contribution in [1.82, 2.24) is 10.2 Å². The predicted octanol–water partition coefficient (Wildman–Crippen LogP) is 4.41. The van der Waals surface area contributed by atoms with Crippen LogP contribution in [-0.4, -0.2) is 37.5 Å². The van der Waals surface area contributed by atoms with Crippen molar-refractivity contribution in [2.75, 3.05) is 26.7 Å². The molecule has 0 radical (unpaired) electrons. The molecule has 1 heterocycles. The first-order valence-corrected chi connectivity index (χ1v) is 12.0. The van der Waals surface area contributed by atoms with Crippen LogP contribution in [0.3, 0.4) is 0 Å². The summed E-state index contributed by atoms with van der Waals surface area (Å²) < 4.78 is 6.14. The maximum atomic E-state index is 11.7. The minimum absolute atomic E-state index is 0.142. The lowest BCUT2D eigenvalue weighted by molar-refractivity contribution is -0.129. The van der Waals surface area contributed by atoms with Gasteiger partial charge in [0.15, 0.2) is 0 Å². The Morgan fingerprint density at radius 2 is 2.00 bits per heavy atom. The van der Waals surface area contributed by atoms with Crippen LogP contribution in [-0.2, 0) is 17.8 Å². The Hall–Kier alpha value is -3.10. The van der Waals surface area contributed by atoms with Gasteiger partial charge in [-0.3, -0.25) is 9.69 Å². The number of carbonyl (C=O) groups is 1. The normalized spacial score (nSPS) is 18.3. The number of hydrogen-bond acceptors (Lipinski definition) is 4. The van der Waals surface area contributed by atoms with E-state index in [0.717, 1.165) is 49.4 Å². The van der Waals surface area contributed by atoms with Gasteiger partial charge in [0.05, 0.1) is 17.6 Å². The zero-order chi connectivity index (χ0) is 22.9. The van der Waals surface area contributed by atoms with Crippen molar-refractivity contribution in [1.29, 1.82) is 5.26 Å². The maximum Gasteiger partial charge on any atom is 0.225 e. The van der Waals surface area contributed by atoms with Crippen molar-refractivity contribution in [3.05, 3.63) is 69.8 Å². The van der Waals surface area contributed by atoms with Crippen LogP contribution < -0.4 is 10.1 Å². The van der Waals surface area contributed by atoms with Crippen molar-refractivity contribution in [2.24, 2.45) is 5.92 Å². The average molecular weight is 442 g/mol. The molecule has 0 bridgehead atoms. The first-order valence-electron chi connectivity index (χ1n) is 12.0. The Morgan fingerprint density at radius 1 is 1.18 bits per heavy atom. The van der Waals surface area contributed by atoms with E-state index in [1.807, 2.05) is 12.1 Å². The fraction of sp³-hybridized carbons (Fsp3) is 0.429. The SMILES string of the molecule is CNC(=O)C1CN(CC2=C(C)c3ccc(OCc4ccc(C#N)c(C5CC5)c4)cc3CC2)C1. The molecule has 3 aliphatic rings. The van der Waals surface area contributed by atoms with Crippen molar-refractivity contribution in [3.63, 3.8) is 0 Å². The lowest BCUT2D eigenvalue weighted by Gasteiger charge is -2.39. The van der Waals surface area contributed by atoms with Gasteiger partial charge in [-0.1, -0.05) is 23.8 Å². The zero-order valence-electron chi connectivity index (χ0n) is 19.5.